The van der Waals surface area contributed by atoms with E-state index in [1.807, 2.05) is 0 Å². The van der Waals surface area contributed by atoms with E-state index in [-0.39, 0.29) is 0 Å². The molecule has 0 unspecified atom stereocenters. The summed E-state index contributed by atoms with van der Waals surface area (Å²) in [7, 11) is 0. The molecule has 2 heteroatoms. The van der Waals surface area contributed by atoms with Crippen LogP contribution in [0.4, 0.5) is 0 Å². The quantitative estimate of drug-likeness (QED) is 0.320. The zero-order chi connectivity index (χ0) is 12.9. The van der Waals surface area contributed by atoms with Crippen LogP contribution in [0.2, 0.25) is 0 Å². The normalized spacial score (nSPS) is 12.6. The molecule has 0 fully saturated rings. The summed E-state index contributed by atoms with van der Waals surface area (Å²) in [6.07, 6.45) is 11.6. The molecule has 0 radical (unpaired) electrons. The molecule has 0 aliphatic carbocycles. The number of unbranched alkanes of at least 4 members (excludes halogenated alkanes) is 2. The van der Waals surface area contributed by atoms with Gasteiger partial charge >= 0.3 is 0 Å². The van der Waals surface area contributed by atoms with Crippen molar-refractivity contribution in [1.29, 1.82) is 0 Å². The van der Waals surface area contributed by atoms with Crippen LogP contribution in [0, 0.1) is 0 Å². The molecule has 0 aliphatic rings. The molecule has 17 heavy (non-hydrogen) atoms. The Labute approximate surface area is 108 Å². The SMILES string of the molecule is CCCC/C=C\CN(CC/C=N\CC)C(C)C. The van der Waals surface area contributed by atoms with Gasteiger partial charge in [0.25, 0.3) is 0 Å². The fraction of sp³-hybridized carbons (Fsp3) is 0.800. The van der Waals surface area contributed by atoms with Crippen molar-refractivity contribution in [3.05, 3.63) is 12.2 Å². The fourth-order valence-corrected chi connectivity index (χ4v) is 1.65. The summed E-state index contributed by atoms with van der Waals surface area (Å²) in [5, 5.41) is 0. The summed E-state index contributed by atoms with van der Waals surface area (Å²) in [5.74, 6) is 0. The van der Waals surface area contributed by atoms with Gasteiger partial charge in [0.05, 0.1) is 0 Å². The highest BCUT2D eigenvalue weighted by atomic mass is 15.1. The van der Waals surface area contributed by atoms with Gasteiger partial charge in [-0.15, -0.1) is 0 Å². The third-order valence-electron chi connectivity index (χ3n) is 2.82. The summed E-state index contributed by atoms with van der Waals surface area (Å²) < 4.78 is 0. The molecule has 100 valence electrons. The zero-order valence-corrected chi connectivity index (χ0v) is 12.2. The lowest BCUT2D eigenvalue weighted by Gasteiger charge is -2.24. The van der Waals surface area contributed by atoms with Crippen molar-refractivity contribution < 1.29 is 0 Å². The summed E-state index contributed by atoms with van der Waals surface area (Å²) in [5.41, 5.74) is 0. The van der Waals surface area contributed by atoms with Crippen molar-refractivity contribution in [3.8, 4) is 0 Å². The molecule has 0 spiro atoms. The van der Waals surface area contributed by atoms with E-state index in [1.165, 1.54) is 19.3 Å². The highest BCUT2D eigenvalue weighted by Gasteiger charge is 2.05. The van der Waals surface area contributed by atoms with Gasteiger partial charge in [0.1, 0.15) is 0 Å². The van der Waals surface area contributed by atoms with Crippen LogP contribution in [0.25, 0.3) is 0 Å². The summed E-state index contributed by atoms with van der Waals surface area (Å²) >= 11 is 0. The van der Waals surface area contributed by atoms with Gasteiger partial charge in [0, 0.05) is 25.7 Å². The van der Waals surface area contributed by atoms with Crippen molar-refractivity contribution in [2.75, 3.05) is 19.6 Å². The average Bonchev–Trinajstić information content (AvgIpc) is 2.31. The smallest absolute Gasteiger partial charge is 0.0357 e. The van der Waals surface area contributed by atoms with Crippen molar-refractivity contribution in [2.45, 2.75) is 59.4 Å². The first-order valence-corrected chi connectivity index (χ1v) is 7.09. The highest BCUT2D eigenvalue weighted by molar-refractivity contribution is 5.57. The third kappa shape index (κ3) is 10.3. The third-order valence-corrected chi connectivity index (χ3v) is 2.82. The second kappa shape index (κ2) is 11.8. The lowest BCUT2D eigenvalue weighted by Crippen LogP contribution is -2.32. The molecule has 0 aromatic heterocycles. The lowest BCUT2D eigenvalue weighted by molar-refractivity contribution is 0.253. The van der Waals surface area contributed by atoms with Gasteiger partial charge in [-0.3, -0.25) is 9.89 Å². The second-order valence-corrected chi connectivity index (χ2v) is 4.67. The molecule has 0 rings (SSSR count). The maximum absolute atomic E-state index is 4.25. The Morgan fingerprint density at radius 3 is 2.47 bits per heavy atom. The van der Waals surface area contributed by atoms with Crippen LogP contribution in [0.1, 0.15) is 53.4 Å². The molecule has 0 aliphatic heterocycles. The van der Waals surface area contributed by atoms with Gasteiger partial charge in [-0.25, -0.2) is 0 Å². The monoisotopic (exact) mass is 238 g/mol. The van der Waals surface area contributed by atoms with Crippen molar-refractivity contribution >= 4 is 6.21 Å². The Hall–Kier alpha value is -0.630. The molecule has 0 amide bonds. The van der Waals surface area contributed by atoms with Crippen molar-refractivity contribution in [3.63, 3.8) is 0 Å². The Kier molecular flexibility index (Phi) is 11.4. The first kappa shape index (κ1) is 16.4. The van der Waals surface area contributed by atoms with Crippen LogP contribution in [0.5, 0.6) is 0 Å². The fourth-order valence-electron chi connectivity index (χ4n) is 1.65. The number of hydrogen-bond acceptors (Lipinski definition) is 2. The van der Waals surface area contributed by atoms with Gasteiger partial charge in [-0.05, 0) is 39.8 Å². The molecular weight excluding hydrogens is 208 g/mol. The van der Waals surface area contributed by atoms with Crippen LogP contribution in [-0.4, -0.2) is 36.8 Å². The maximum atomic E-state index is 4.25. The van der Waals surface area contributed by atoms with Crippen LogP contribution in [0.3, 0.4) is 0 Å². The minimum Gasteiger partial charge on any atom is -0.298 e. The Morgan fingerprint density at radius 1 is 1.12 bits per heavy atom. The molecule has 0 atom stereocenters. The van der Waals surface area contributed by atoms with E-state index < -0.39 is 0 Å². The highest BCUT2D eigenvalue weighted by Crippen LogP contribution is 2.01. The second-order valence-electron chi connectivity index (χ2n) is 4.67. The van der Waals surface area contributed by atoms with Gasteiger partial charge < -0.3 is 0 Å². The molecule has 0 bridgehead atoms. The molecule has 0 saturated heterocycles. The largest absolute Gasteiger partial charge is 0.298 e. The molecule has 0 saturated carbocycles. The maximum Gasteiger partial charge on any atom is 0.0357 e. The van der Waals surface area contributed by atoms with E-state index in [1.54, 1.807) is 0 Å². The van der Waals surface area contributed by atoms with E-state index in [2.05, 4.69) is 56.0 Å². The molecule has 0 aromatic rings. The minimum atomic E-state index is 0.612. The van der Waals surface area contributed by atoms with Gasteiger partial charge in [-0.1, -0.05) is 31.9 Å². The predicted octanol–water partition coefficient (Wildman–Crippen LogP) is 3.92. The topological polar surface area (TPSA) is 15.6 Å². The van der Waals surface area contributed by atoms with E-state index in [0.29, 0.717) is 6.04 Å². The molecular formula is C15H30N2. The number of rotatable bonds is 10. The van der Waals surface area contributed by atoms with E-state index in [9.17, 15) is 0 Å². The van der Waals surface area contributed by atoms with Crippen LogP contribution >= 0.6 is 0 Å². The van der Waals surface area contributed by atoms with E-state index in [0.717, 1.165) is 26.1 Å². The Bertz CT molecular complexity index is 207. The Balaban J connectivity index is 3.82. The van der Waals surface area contributed by atoms with Gasteiger partial charge in [0.2, 0.25) is 0 Å². The van der Waals surface area contributed by atoms with Crippen LogP contribution < -0.4 is 0 Å². The van der Waals surface area contributed by atoms with Gasteiger partial charge in [-0.2, -0.15) is 0 Å². The predicted molar refractivity (Wildman–Crippen MR) is 79.0 cm³/mol. The lowest BCUT2D eigenvalue weighted by atomic mass is 10.2. The number of nitrogens with zero attached hydrogens (tertiary/aromatic N) is 2. The minimum absolute atomic E-state index is 0.612. The summed E-state index contributed by atoms with van der Waals surface area (Å²) in [4.78, 5) is 6.74. The number of allylic oxidation sites excluding steroid dienone is 1. The first-order chi connectivity index (χ1) is 8.22. The van der Waals surface area contributed by atoms with Crippen LogP contribution in [-0.2, 0) is 0 Å². The molecule has 0 N–H and O–H groups in total. The number of hydrogen-bond donors (Lipinski definition) is 0. The van der Waals surface area contributed by atoms with Crippen molar-refractivity contribution in [1.82, 2.24) is 4.90 Å². The summed E-state index contributed by atoms with van der Waals surface area (Å²) in [6.45, 7) is 11.9. The number of aliphatic imine (C=N–C) groups is 1. The van der Waals surface area contributed by atoms with E-state index >= 15 is 0 Å². The molecule has 0 aromatic carbocycles. The first-order valence-electron chi connectivity index (χ1n) is 7.09. The van der Waals surface area contributed by atoms with Crippen molar-refractivity contribution in [2.24, 2.45) is 4.99 Å². The van der Waals surface area contributed by atoms with Gasteiger partial charge in [0.15, 0.2) is 0 Å². The average molecular weight is 238 g/mol. The van der Waals surface area contributed by atoms with Crippen LogP contribution in [0.15, 0.2) is 17.1 Å². The molecule has 2 nitrogen and oxygen atoms in total. The zero-order valence-electron chi connectivity index (χ0n) is 12.2. The summed E-state index contributed by atoms with van der Waals surface area (Å²) in [6, 6.07) is 0.612. The molecule has 0 heterocycles. The standard InChI is InChI=1S/C15H30N2/c1-5-7-8-9-10-13-17(15(3)4)14-11-12-16-6-2/h9-10,12,15H,5-8,11,13-14H2,1-4H3/b10-9-,16-12-. The Morgan fingerprint density at radius 2 is 1.88 bits per heavy atom. The van der Waals surface area contributed by atoms with E-state index in [4.69, 9.17) is 0 Å².